The highest BCUT2D eigenvalue weighted by atomic mass is 14.7. The van der Waals surface area contributed by atoms with Crippen LogP contribution in [0, 0.1) is 12.8 Å². The van der Waals surface area contributed by atoms with E-state index in [9.17, 15) is 0 Å². The molecule has 0 aromatic heterocycles. The molecule has 0 spiro atoms. The first-order valence-corrected chi connectivity index (χ1v) is 11.0. The molecule has 1 nitrogen and oxygen atoms in total. The van der Waals surface area contributed by atoms with Gasteiger partial charge in [-0.1, -0.05) is 73.9 Å². The zero-order valence-electron chi connectivity index (χ0n) is 17.9. The summed E-state index contributed by atoms with van der Waals surface area (Å²) in [5, 5.41) is 0. The predicted molar refractivity (Wildman–Crippen MR) is 123 cm³/mol. The van der Waals surface area contributed by atoms with E-state index in [0.717, 1.165) is 25.3 Å². The summed E-state index contributed by atoms with van der Waals surface area (Å²) < 4.78 is 0. The molecule has 0 atom stereocenters. The number of hydrogen-bond donors (Lipinski definition) is 0. The Morgan fingerprint density at radius 2 is 1.64 bits per heavy atom. The van der Waals surface area contributed by atoms with Gasteiger partial charge in [-0.15, -0.1) is 0 Å². The second-order valence-electron chi connectivity index (χ2n) is 8.22. The lowest BCUT2D eigenvalue weighted by atomic mass is 9.89. The van der Waals surface area contributed by atoms with E-state index in [1.165, 1.54) is 65.6 Å². The molecule has 148 valence electrons. The number of aliphatic imine (C=N–C) groups is 1. The van der Waals surface area contributed by atoms with Gasteiger partial charge in [0.15, 0.2) is 0 Å². The molecule has 0 N–H and O–H groups in total. The van der Waals surface area contributed by atoms with Gasteiger partial charge in [-0.2, -0.15) is 0 Å². The van der Waals surface area contributed by atoms with Gasteiger partial charge >= 0.3 is 0 Å². The smallest absolute Gasteiger partial charge is 0.0420 e. The van der Waals surface area contributed by atoms with E-state index in [1.54, 1.807) is 0 Å². The molecular formula is C27H35N. The van der Waals surface area contributed by atoms with Crippen molar-refractivity contribution >= 4 is 11.3 Å². The highest BCUT2D eigenvalue weighted by Crippen LogP contribution is 2.26. The summed E-state index contributed by atoms with van der Waals surface area (Å²) >= 11 is 0. The van der Waals surface area contributed by atoms with Crippen LogP contribution in [-0.2, 0) is 6.42 Å². The minimum Gasteiger partial charge on any atom is -0.289 e. The fraction of sp³-hybridized carbons (Fsp3) is 0.444. The molecule has 1 aliphatic carbocycles. The van der Waals surface area contributed by atoms with Crippen LogP contribution in [0.3, 0.4) is 0 Å². The van der Waals surface area contributed by atoms with Crippen LogP contribution in [0.15, 0.2) is 59.6 Å². The molecule has 1 aliphatic rings. The normalized spacial score (nSPS) is 16.4. The molecule has 1 fully saturated rings. The molecule has 0 saturated heterocycles. The van der Waals surface area contributed by atoms with Crippen molar-refractivity contribution in [2.75, 3.05) is 6.54 Å². The number of nitrogens with zero attached hydrogens (tertiary/aromatic N) is 1. The van der Waals surface area contributed by atoms with E-state index in [4.69, 9.17) is 4.99 Å². The third-order valence-electron chi connectivity index (χ3n) is 6.22. The zero-order chi connectivity index (χ0) is 19.8. The van der Waals surface area contributed by atoms with Crippen molar-refractivity contribution in [3.63, 3.8) is 0 Å². The first kappa shape index (κ1) is 20.6. The Labute approximate surface area is 171 Å². The molecule has 0 heterocycles. The van der Waals surface area contributed by atoms with Gasteiger partial charge in [0.25, 0.3) is 0 Å². The van der Waals surface area contributed by atoms with Crippen LogP contribution in [0.4, 0.5) is 0 Å². The monoisotopic (exact) mass is 373 g/mol. The Bertz CT molecular complexity index is 822. The highest BCUT2D eigenvalue weighted by Gasteiger charge is 2.13. The standard InChI is InChI=1S/C27H35N/c1-4-24(26-16-10-8-12-21(26)2)18-19-25-15-9-11-17-27(25)22(3)28-20-23-13-6-5-7-14-23/h4,8-12,15-17,23H,5-7,13-14,18-20H2,1-3H3/b24-4-,28-22?. The predicted octanol–water partition coefficient (Wildman–Crippen LogP) is 7.42. The van der Waals surface area contributed by atoms with Crippen LogP contribution in [0.25, 0.3) is 5.57 Å². The number of hydrogen-bond acceptors (Lipinski definition) is 1. The molecule has 0 bridgehead atoms. The fourth-order valence-corrected chi connectivity index (χ4v) is 4.45. The number of rotatable bonds is 7. The van der Waals surface area contributed by atoms with E-state index < -0.39 is 0 Å². The Balaban J connectivity index is 1.70. The topological polar surface area (TPSA) is 12.4 Å². The second-order valence-corrected chi connectivity index (χ2v) is 8.22. The third-order valence-corrected chi connectivity index (χ3v) is 6.22. The number of aryl methyl sites for hydroxylation is 2. The third kappa shape index (κ3) is 5.44. The van der Waals surface area contributed by atoms with Crippen molar-refractivity contribution in [3.05, 3.63) is 76.9 Å². The molecule has 1 heteroatoms. The molecule has 2 aromatic carbocycles. The van der Waals surface area contributed by atoms with E-state index in [2.05, 4.69) is 75.4 Å². The van der Waals surface area contributed by atoms with Crippen LogP contribution in [-0.4, -0.2) is 12.3 Å². The fourth-order valence-electron chi connectivity index (χ4n) is 4.45. The summed E-state index contributed by atoms with van der Waals surface area (Å²) in [6.07, 6.45) is 11.3. The second kappa shape index (κ2) is 10.4. The van der Waals surface area contributed by atoms with Gasteiger partial charge in [0.05, 0.1) is 0 Å². The molecule has 0 radical (unpaired) electrons. The van der Waals surface area contributed by atoms with Gasteiger partial charge < -0.3 is 0 Å². The highest BCUT2D eigenvalue weighted by molar-refractivity contribution is 6.00. The van der Waals surface area contributed by atoms with Crippen molar-refractivity contribution in [1.29, 1.82) is 0 Å². The van der Waals surface area contributed by atoms with Crippen LogP contribution in [0.2, 0.25) is 0 Å². The first-order chi connectivity index (χ1) is 13.7. The molecule has 28 heavy (non-hydrogen) atoms. The van der Waals surface area contributed by atoms with Crippen molar-refractivity contribution in [1.82, 2.24) is 0 Å². The summed E-state index contributed by atoms with van der Waals surface area (Å²) in [6.45, 7) is 7.56. The van der Waals surface area contributed by atoms with Gasteiger partial charge in [-0.25, -0.2) is 0 Å². The maximum absolute atomic E-state index is 5.00. The Morgan fingerprint density at radius 1 is 0.964 bits per heavy atom. The minimum absolute atomic E-state index is 0.798. The maximum atomic E-state index is 5.00. The lowest BCUT2D eigenvalue weighted by Crippen LogP contribution is -2.11. The van der Waals surface area contributed by atoms with Crippen LogP contribution < -0.4 is 0 Å². The van der Waals surface area contributed by atoms with E-state index in [0.29, 0.717) is 0 Å². The minimum atomic E-state index is 0.798. The molecule has 2 aromatic rings. The first-order valence-electron chi connectivity index (χ1n) is 11.0. The molecule has 3 rings (SSSR count). The largest absolute Gasteiger partial charge is 0.289 e. The van der Waals surface area contributed by atoms with E-state index in [-0.39, 0.29) is 0 Å². The van der Waals surface area contributed by atoms with Crippen molar-refractivity contribution in [2.24, 2.45) is 10.9 Å². The summed E-state index contributed by atoms with van der Waals surface area (Å²) in [5.74, 6) is 0.798. The van der Waals surface area contributed by atoms with E-state index in [1.807, 2.05) is 0 Å². The Hall–Kier alpha value is -2.15. The molecule has 0 aliphatic heterocycles. The molecule has 0 amide bonds. The molecular weight excluding hydrogens is 338 g/mol. The van der Waals surface area contributed by atoms with Crippen LogP contribution >= 0.6 is 0 Å². The summed E-state index contributed by atoms with van der Waals surface area (Å²) in [6, 6.07) is 17.5. The zero-order valence-corrected chi connectivity index (χ0v) is 17.9. The summed E-state index contributed by atoms with van der Waals surface area (Å²) in [4.78, 5) is 5.00. The number of benzene rings is 2. The quantitative estimate of drug-likeness (QED) is 0.448. The van der Waals surface area contributed by atoms with Crippen molar-refractivity contribution < 1.29 is 0 Å². The summed E-state index contributed by atoms with van der Waals surface area (Å²) in [7, 11) is 0. The van der Waals surface area contributed by atoms with Gasteiger partial charge in [0, 0.05) is 12.3 Å². The van der Waals surface area contributed by atoms with Gasteiger partial charge in [0.1, 0.15) is 0 Å². The van der Waals surface area contributed by atoms with Crippen molar-refractivity contribution in [2.45, 2.75) is 65.7 Å². The lowest BCUT2D eigenvalue weighted by Gasteiger charge is -2.20. The van der Waals surface area contributed by atoms with E-state index >= 15 is 0 Å². The van der Waals surface area contributed by atoms with Crippen LogP contribution in [0.1, 0.15) is 74.6 Å². The molecule has 0 unspecified atom stereocenters. The lowest BCUT2D eigenvalue weighted by molar-refractivity contribution is 0.367. The maximum Gasteiger partial charge on any atom is 0.0420 e. The Kier molecular flexibility index (Phi) is 7.65. The average Bonchev–Trinajstić information content (AvgIpc) is 2.74. The van der Waals surface area contributed by atoms with Gasteiger partial charge in [-0.05, 0) is 80.2 Å². The van der Waals surface area contributed by atoms with Gasteiger partial charge in [-0.3, -0.25) is 4.99 Å². The summed E-state index contributed by atoms with van der Waals surface area (Å²) in [5.41, 5.74) is 8.13. The Morgan fingerprint density at radius 3 is 2.36 bits per heavy atom. The average molecular weight is 374 g/mol. The SMILES string of the molecule is C/C=C(/CCc1ccccc1C(C)=NCC1CCCCC1)c1ccccc1C. The van der Waals surface area contributed by atoms with Crippen molar-refractivity contribution in [3.8, 4) is 0 Å². The molecule has 1 saturated carbocycles. The van der Waals surface area contributed by atoms with Gasteiger partial charge in [0.2, 0.25) is 0 Å². The number of allylic oxidation sites excluding steroid dienone is 2. The van der Waals surface area contributed by atoms with Crippen LogP contribution in [0.5, 0.6) is 0 Å².